The topological polar surface area (TPSA) is 72.8 Å². The zero-order valence-corrected chi connectivity index (χ0v) is 18.5. The Labute approximate surface area is 190 Å². The molecule has 0 aliphatic rings. The van der Waals surface area contributed by atoms with E-state index in [0.29, 0.717) is 24.0 Å². The van der Waals surface area contributed by atoms with E-state index in [1.165, 1.54) is 22.1 Å². The number of esters is 1. The molecule has 0 amide bonds. The fraction of sp³-hybridized carbons (Fsp3) is 0.160. The Morgan fingerprint density at radius 1 is 1.09 bits per heavy atom. The zero-order chi connectivity index (χ0) is 22.2. The number of aromatic nitrogens is 1. The van der Waals surface area contributed by atoms with E-state index in [1.54, 1.807) is 13.1 Å². The Morgan fingerprint density at radius 3 is 2.72 bits per heavy atom. The van der Waals surface area contributed by atoms with Crippen LogP contribution < -0.4 is 10.2 Å². The summed E-state index contributed by atoms with van der Waals surface area (Å²) < 4.78 is 10.8. The molecule has 0 spiro atoms. The quantitative estimate of drug-likeness (QED) is 0.211. The number of hydrogen-bond donors (Lipinski definition) is 1. The molecule has 0 aliphatic heterocycles. The third-order valence-electron chi connectivity index (χ3n) is 4.66. The van der Waals surface area contributed by atoms with Gasteiger partial charge >= 0.3 is 5.97 Å². The fourth-order valence-corrected chi connectivity index (χ4v) is 3.77. The molecule has 0 bridgehead atoms. The van der Waals surface area contributed by atoms with Gasteiger partial charge in [-0.3, -0.25) is 10.2 Å². The first-order valence-electron chi connectivity index (χ1n) is 10.3. The van der Waals surface area contributed by atoms with Crippen molar-refractivity contribution >= 4 is 39.4 Å². The number of nitrogens with one attached hydrogen (secondary N) is 1. The molecular weight excluding hydrogens is 422 g/mol. The molecule has 0 radical (unpaired) electrons. The van der Waals surface area contributed by atoms with Crippen molar-refractivity contribution in [3.05, 3.63) is 88.9 Å². The van der Waals surface area contributed by atoms with Gasteiger partial charge in [-0.2, -0.15) is 5.10 Å². The first kappa shape index (κ1) is 21.5. The molecule has 32 heavy (non-hydrogen) atoms. The number of ether oxygens (including phenoxy) is 2. The van der Waals surface area contributed by atoms with E-state index < -0.39 is 0 Å². The van der Waals surface area contributed by atoms with Gasteiger partial charge in [0.05, 0.1) is 24.9 Å². The first-order chi connectivity index (χ1) is 15.7. The summed E-state index contributed by atoms with van der Waals surface area (Å²) in [5.74, 6) is 0.516. The average Bonchev–Trinajstić information content (AvgIpc) is 3.25. The monoisotopic (exact) mass is 445 g/mol. The summed E-state index contributed by atoms with van der Waals surface area (Å²) in [7, 11) is 0. The molecule has 7 heteroatoms. The molecule has 4 aromatic rings. The van der Waals surface area contributed by atoms with Gasteiger partial charge in [0.1, 0.15) is 12.4 Å². The standard InChI is InChI=1S/C25H23N3O3S/c1-2-30-24(29)14-22-17-32-25(27-22)28-26-15-18-8-11-23(12-9-18)31-16-19-7-10-20-5-3-4-6-21(20)13-19/h3-13,15,17H,2,14,16H2,1H3,(H,27,28). The second-order valence-electron chi connectivity index (χ2n) is 7.04. The number of anilines is 1. The minimum absolute atomic E-state index is 0.163. The summed E-state index contributed by atoms with van der Waals surface area (Å²) in [6.45, 7) is 2.66. The van der Waals surface area contributed by atoms with Gasteiger partial charge in [-0.15, -0.1) is 11.3 Å². The number of thiazole rings is 1. The maximum Gasteiger partial charge on any atom is 0.311 e. The van der Waals surface area contributed by atoms with E-state index in [1.807, 2.05) is 41.8 Å². The van der Waals surface area contributed by atoms with Gasteiger partial charge in [0.15, 0.2) is 0 Å². The Kier molecular flexibility index (Phi) is 7.09. The summed E-state index contributed by atoms with van der Waals surface area (Å²) in [5.41, 5.74) is 5.61. The smallest absolute Gasteiger partial charge is 0.311 e. The lowest BCUT2D eigenvalue weighted by molar-refractivity contribution is -0.142. The van der Waals surface area contributed by atoms with Gasteiger partial charge in [0, 0.05) is 5.38 Å². The van der Waals surface area contributed by atoms with Crippen LogP contribution >= 0.6 is 11.3 Å². The van der Waals surface area contributed by atoms with Crippen molar-refractivity contribution in [2.45, 2.75) is 20.0 Å². The summed E-state index contributed by atoms with van der Waals surface area (Å²) in [5, 5.41) is 9.08. The van der Waals surface area contributed by atoms with Crippen LogP contribution in [0.4, 0.5) is 5.13 Å². The predicted octanol–water partition coefficient (Wildman–Crippen LogP) is 5.43. The van der Waals surface area contributed by atoms with Crippen LogP contribution in [0.3, 0.4) is 0 Å². The zero-order valence-electron chi connectivity index (χ0n) is 17.7. The number of benzene rings is 3. The number of fused-ring (bicyclic) bond motifs is 1. The van der Waals surface area contributed by atoms with Crippen LogP contribution in [0.15, 0.2) is 77.2 Å². The van der Waals surface area contributed by atoms with E-state index in [2.05, 4.69) is 45.8 Å². The fourth-order valence-electron chi connectivity index (χ4n) is 3.11. The molecule has 162 valence electrons. The normalized spacial score (nSPS) is 11.0. The Morgan fingerprint density at radius 2 is 1.91 bits per heavy atom. The summed E-state index contributed by atoms with van der Waals surface area (Å²) in [4.78, 5) is 15.8. The molecule has 4 rings (SSSR count). The molecule has 0 fully saturated rings. The summed E-state index contributed by atoms with van der Waals surface area (Å²) in [6.07, 6.45) is 1.87. The molecule has 0 saturated heterocycles. The maximum atomic E-state index is 11.5. The number of nitrogens with zero attached hydrogens (tertiary/aromatic N) is 2. The highest BCUT2D eigenvalue weighted by molar-refractivity contribution is 7.13. The minimum Gasteiger partial charge on any atom is -0.489 e. The highest BCUT2D eigenvalue weighted by Gasteiger charge is 2.07. The molecule has 1 aromatic heterocycles. The molecule has 0 atom stereocenters. The maximum absolute atomic E-state index is 11.5. The van der Waals surface area contributed by atoms with Gasteiger partial charge < -0.3 is 9.47 Å². The Bertz CT molecular complexity index is 1220. The molecule has 0 unspecified atom stereocenters. The van der Waals surface area contributed by atoms with Crippen molar-refractivity contribution in [1.82, 2.24) is 4.98 Å². The van der Waals surface area contributed by atoms with Crippen LogP contribution in [0.25, 0.3) is 10.8 Å². The van der Waals surface area contributed by atoms with Crippen LogP contribution in [-0.4, -0.2) is 23.8 Å². The van der Waals surface area contributed by atoms with Crippen LogP contribution in [0.5, 0.6) is 5.75 Å². The predicted molar refractivity (Wildman–Crippen MR) is 128 cm³/mol. The van der Waals surface area contributed by atoms with Crippen molar-refractivity contribution < 1.29 is 14.3 Å². The van der Waals surface area contributed by atoms with Crippen LogP contribution in [0.1, 0.15) is 23.7 Å². The largest absolute Gasteiger partial charge is 0.489 e. The van der Waals surface area contributed by atoms with E-state index in [0.717, 1.165) is 16.9 Å². The molecule has 0 aliphatic carbocycles. The third kappa shape index (κ3) is 5.92. The number of rotatable bonds is 9. The molecular formula is C25H23N3O3S. The van der Waals surface area contributed by atoms with Crippen molar-refractivity contribution in [3.8, 4) is 5.75 Å². The molecule has 3 aromatic carbocycles. The van der Waals surface area contributed by atoms with Crippen molar-refractivity contribution in [1.29, 1.82) is 0 Å². The average molecular weight is 446 g/mol. The highest BCUT2D eigenvalue weighted by atomic mass is 32.1. The second kappa shape index (κ2) is 10.5. The Balaban J connectivity index is 1.27. The number of hydrazone groups is 1. The van der Waals surface area contributed by atoms with Crippen molar-refractivity contribution in [2.75, 3.05) is 12.0 Å². The summed E-state index contributed by atoms with van der Waals surface area (Å²) >= 11 is 1.39. The first-order valence-corrected chi connectivity index (χ1v) is 11.2. The number of hydrogen-bond acceptors (Lipinski definition) is 7. The lowest BCUT2D eigenvalue weighted by Crippen LogP contribution is -2.07. The number of carbonyl (C=O) groups is 1. The van der Waals surface area contributed by atoms with Crippen molar-refractivity contribution in [2.24, 2.45) is 5.10 Å². The lowest BCUT2D eigenvalue weighted by atomic mass is 10.1. The van der Waals surface area contributed by atoms with Gasteiger partial charge in [-0.1, -0.05) is 36.4 Å². The van der Waals surface area contributed by atoms with E-state index in [9.17, 15) is 4.79 Å². The third-order valence-corrected chi connectivity index (χ3v) is 5.45. The SMILES string of the molecule is CCOC(=O)Cc1csc(NN=Cc2ccc(OCc3ccc4ccccc4c3)cc2)n1. The van der Waals surface area contributed by atoms with E-state index >= 15 is 0 Å². The second-order valence-corrected chi connectivity index (χ2v) is 7.89. The van der Waals surface area contributed by atoms with Gasteiger partial charge in [0.25, 0.3) is 0 Å². The van der Waals surface area contributed by atoms with E-state index in [4.69, 9.17) is 9.47 Å². The van der Waals surface area contributed by atoms with Crippen LogP contribution in [-0.2, 0) is 22.6 Å². The summed E-state index contributed by atoms with van der Waals surface area (Å²) in [6, 6.07) is 22.4. The minimum atomic E-state index is -0.282. The molecule has 1 heterocycles. The Hall–Kier alpha value is -3.71. The lowest BCUT2D eigenvalue weighted by Gasteiger charge is -2.07. The molecule has 6 nitrogen and oxygen atoms in total. The number of carbonyl (C=O) groups excluding carboxylic acids is 1. The van der Waals surface area contributed by atoms with Crippen LogP contribution in [0, 0.1) is 0 Å². The van der Waals surface area contributed by atoms with E-state index in [-0.39, 0.29) is 12.4 Å². The van der Waals surface area contributed by atoms with Crippen LogP contribution in [0.2, 0.25) is 0 Å². The van der Waals surface area contributed by atoms with Gasteiger partial charge in [-0.25, -0.2) is 4.98 Å². The van der Waals surface area contributed by atoms with Crippen molar-refractivity contribution in [3.63, 3.8) is 0 Å². The highest BCUT2D eigenvalue weighted by Crippen LogP contribution is 2.19. The van der Waals surface area contributed by atoms with Gasteiger partial charge in [-0.05, 0) is 59.2 Å². The molecule has 1 N–H and O–H groups in total. The van der Waals surface area contributed by atoms with Gasteiger partial charge in [0.2, 0.25) is 5.13 Å². The molecule has 0 saturated carbocycles.